The largest absolute Gasteiger partial charge is 0.492 e. The van der Waals surface area contributed by atoms with E-state index in [1.807, 2.05) is 24.3 Å². The highest BCUT2D eigenvalue weighted by Crippen LogP contribution is 2.25. The highest BCUT2D eigenvalue weighted by molar-refractivity contribution is 5.28. The summed E-state index contributed by atoms with van der Waals surface area (Å²) in [5, 5.41) is 11.1. The van der Waals surface area contributed by atoms with Crippen LogP contribution in [-0.2, 0) is 6.54 Å². The second-order valence-electron chi connectivity index (χ2n) is 9.50. The molecule has 2 aromatic carbocycles. The summed E-state index contributed by atoms with van der Waals surface area (Å²) in [7, 11) is 0. The Labute approximate surface area is 192 Å². The molecule has 2 aliphatic rings. The Hall–Kier alpha value is -2.08. The zero-order valence-corrected chi connectivity index (χ0v) is 19.5. The molecule has 0 spiro atoms. The minimum atomic E-state index is -0.764. The lowest BCUT2D eigenvalue weighted by Gasteiger charge is -2.27. The van der Waals surface area contributed by atoms with Gasteiger partial charge in [0.2, 0.25) is 0 Å². The van der Waals surface area contributed by atoms with E-state index in [4.69, 9.17) is 9.47 Å². The molecular weight excluding hydrogens is 400 g/mol. The predicted molar refractivity (Wildman–Crippen MR) is 128 cm³/mol. The summed E-state index contributed by atoms with van der Waals surface area (Å²) in [6.45, 7) is 9.35. The Bertz CT molecular complexity index is 835. The number of rotatable bonds is 9. The molecule has 5 nitrogen and oxygen atoms in total. The van der Waals surface area contributed by atoms with Crippen LogP contribution in [0.1, 0.15) is 43.2 Å². The molecule has 0 aromatic heterocycles. The van der Waals surface area contributed by atoms with Crippen molar-refractivity contribution in [2.24, 2.45) is 0 Å². The van der Waals surface area contributed by atoms with Crippen LogP contribution in [0.3, 0.4) is 0 Å². The number of nitrogens with zero attached hydrogens (tertiary/aromatic N) is 2. The molecule has 2 aliphatic heterocycles. The van der Waals surface area contributed by atoms with Gasteiger partial charge >= 0.3 is 0 Å². The second kappa shape index (κ2) is 11.2. The average molecular weight is 439 g/mol. The van der Waals surface area contributed by atoms with Gasteiger partial charge in [-0.25, -0.2) is 0 Å². The molecule has 5 heteroatoms. The molecule has 1 N–H and O–H groups in total. The van der Waals surface area contributed by atoms with Gasteiger partial charge in [0.25, 0.3) is 0 Å². The van der Waals surface area contributed by atoms with E-state index in [-0.39, 0.29) is 0 Å². The molecule has 2 aromatic rings. The second-order valence-corrected chi connectivity index (χ2v) is 9.50. The number of benzene rings is 2. The van der Waals surface area contributed by atoms with Crippen molar-refractivity contribution in [2.45, 2.75) is 51.2 Å². The Kier molecular flexibility index (Phi) is 8.06. The van der Waals surface area contributed by atoms with Gasteiger partial charge in [-0.15, -0.1) is 0 Å². The lowest BCUT2D eigenvalue weighted by atomic mass is 9.96. The first-order chi connectivity index (χ1) is 15.6. The van der Waals surface area contributed by atoms with E-state index in [1.165, 1.54) is 37.1 Å². The Morgan fingerprint density at radius 3 is 2.44 bits per heavy atom. The van der Waals surface area contributed by atoms with Crippen LogP contribution in [0.25, 0.3) is 0 Å². The van der Waals surface area contributed by atoms with Gasteiger partial charge < -0.3 is 14.6 Å². The Morgan fingerprint density at radius 2 is 1.62 bits per heavy atom. The number of likely N-dealkylation sites (tertiary alicyclic amines) is 2. The summed E-state index contributed by atoms with van der Waals surface area (Å²) in [5.74, 6) is 1.78. The van der Waals surface area contributed by atoms with Crippen LogP contribution in [0, 0.1) is 6.92 Å². The van der Waals surface area contributed by atoms with E-state index in [0.717, 1.165) is 63.5 Å². The fourth-order valence-corrected chi connectivity index (χ4v) is 4.68. The van der Waals surface area contributed by atoms with E-state index in [2.05, 4.69) is 41.0 Å². The molecule has 2 fully saturated rings. The van der Waals surface area contributed by atoms with Gasteiger partial charge in [-0.05, 0) is 88.5 Å². The summed E-state index contributed by atoms with van der Waals surface area (Å²) in [5.41, 5.74) is 1.72. The topological polar surface area (TPSA) is 45.2 Å². The third-order valence-corrected chi connectivity index (χ3v) is 6.72. The molecule has 2 saturated heterocycles. The first kappa shape index (κ1) is 23.1. The molecule has 0 bridgehead atoms. The molecule has 32 heavy (non-hydrogen) atoms. The van der Waals surface area contributed by atoms with Crippen molar-refractivity contribution in [3.05, 3.63) is 59.7 Å². The minimum Gasteiger partial charge on any atom is -0.492 e. The number of ether oxygens (including phenoxy) is 2. The van der Waals surface area contributed by atoms with Crippen LogP contribution in [0.15, 0.2) is 48.5 Å². The molecular formula is C27H38N2O3. The zero-order valence-electron chi connectivity index (χ0n) is 19.5. The van der Waals surface area contributed by atoms with Crippen LogP contribution in [0.4, 0.5) is 0 Å². The maximum Gasteiger partial charge on any atom is 0.119 e. The van der Waals surface area contributed by atoms with Gasteiger partial charge in [0, 0.05) is 19.6 Å². The van der Waals surface area contributed by atoms with Gasteiger partial charge in [-0.3, -0.25) is 9.80 Å². The van der Waals surface area contributed by atoms with E-state index < -0.39 is 5.60 Å². The lowest BCUT2D eigenvalue weighted by molar-refractivity contribution is -0.0168. The molecule has 0 radical (unpaired) electrons. The number of hydrogen-bond donors (Lipinski definition) is 1. The summed E-state index contributed by atoms with van der Waals surface area (Å²) in [6.07, 6.45) is 5.11. The minimum absolute atomic E-state index is 0.351. The fourth-order valence-electron chi connectivity index (χ4n) is 4.68. The molecule has 4 rings (SSSR count). The number of aryl methyl sites for hydroxylation is 1. The standard InChI is InChI=1S/C27H38N2O3/c1-23-8-10-25(11-9-23)32-22-27(30)12-5-16-29(17-13-27)21-24-6-4-7-26(20-24)31-19-18-28-14-2-3-15-28/h4,6-11,20,30H,2-3,5,12-19,21-22H2,1H3. The van der Waals surface area contributed by atoms with Crippen LogP contribution in [0.2, 0.25) is 0 Å². The van der Waals surface area contributed by atoms with Gasteiger partial charge in [0.05, 0.1) is 5.60 Å². The van der Waals surface area contributed by atoms with Crippen molar-refractivity contribution in [2.75, 3.05) is 45.9 Å². The van der Waals surface area contributed by atoms with E-state index in [9.17, 15) is 5.11 Å². The van der Waals surface area contributed by atoms with Crippen molar-refractivity contribution >= 4 is 0 Å². The molecule has 1 unspecified atom stereocenters. The van der Waals surface area contributed by atoms with E-state index in [0.29, 0.717) is 6.61 Å². The van der Waals surface area contributed by atoms with Gasteiger partial charge in [-0.1, -0.05) is 29.8 Å². The molecule has 174 valence electrons. The highest BCUT2D eigenvalue weighted by atomic mass is 16.5. The summed E-state index contributed by atoms with van der Waals surface area (Å²) < 4.78 is 11.9. The van der Waals surface area contributed by atoms with E-state index >= 15 is 0 Å². The van der Waals surface area contributed by atoms with Crippen molar-refractivity contribution < 1.29 is 14.6 Å². The smallest absolute Gasteiger partial charge is 0.119 e. The summed E-state index contributed by atoms with van der Waals surface area (Å²) in [4.78, 5) is 4.91. The maximum atomic E-state index is 11.1. The molecule has 0 amide bonds. The maximum absolute atomic E-state index is 11.1. The number of aliphatic hydroxyl groups is 1. The highest BCUT2D eigenvalue weighted by Gasteiger charge is 2.31. The van der Waals surface area contributed by atoms with Crippen molar-refractivity contribution in [3.8, 4) is 11.5 Å². The van der Waals surface area contributed by atoms with Crippen molar-refractivity contribution in [1.29, 1.82) is 0 Å². The molecule has 0 aliphatic carbocycles. The zero-order chi connectivity index (χ0) is 22.2. The van der Waals surface area contributed by atoms with Crippen molar-refractivity contribution in [3.63, 3.8) is 0 Å². The molecule has 1 atom stereocenters. The molecule has 0 saturated carbocycles. The predicted octanol–water partition coefficient (Wildman–Crippen LogP) is 4.27. The molecule has 2 heterocycles. The Morgan fingerprint density at radius 1 is 0.844 bits per heavy atom. The summed E-state index contributed by atoms with van der Waals surface area (Å²) in [6, 6.07) is 16.5. The average Bonchev–Trinajstić information content (AvgIpc) is 3.24. The monoisotopic (exact) mass is 438 g/mol. The van der Waals surface area contributed by atoms with Crippen LogP contribution in [0.5, 0.6) is 11.5 Å². The van der Waals surface area contributed by atoms with Gasteiger partial charge in [0.15, 0.2) is 0 Å². The van der Waals surface area contributed by atoms with Gasteiger partial charge in [0.1, 0.15) is 24.7 Å². The number of hydrogen-bond acceptors (Lipinski definition) is 5. The SMILES string of the molecule is Cc1ccc(OCC2(O)CCCN(Cc3cccc(OCCN4CCCC4)c3)CC2)cc1. The van der Waals surface area contributed by atoms with Crippen LogP contribution < -0.4 is 9.47 Å². The third-order valence-electron chi connectivity index (χ3n) is 6.72. The van der Waals surface area contributed by atoms with Crippen molar-refractivity contribution in [1.82, 2.24) is 9.80 Å². The fraction of sp³-hybridized carbons (Fsp3) is 0.556. The van der Waals surface area contributed by atoms with Crippen LogP contribution >= 0.6 is 0 Å². The van der Waals surface area contributed by atoms with Gasteiger partial charge in [-0.2, -0.15) is 0 Å². The first-order valence-corrected chi connectivity index (χ1v) is 12.2. The van der Waals surface area contributed by atoms with E-state index in [1.54, 1.807) is 0 Å². The Balaban J connectivity index is 1.23. The van der Waals surface area contributed by atoms with Crippen LogP contribution in [-0.4, -0.2) is 66.4 Å². The normalized spacial score (nSPS) is 22.6. The quantitative estimate of drug-likeness (QED) is 0.634. The summed E-state index contributed by atoms with van der Waals surface area (Å²) >= 11 is 0. The lowest BCUT2D eigenvalue weighted by Crippen LogP contribution is -2.37. The first-order valence-electron chi connectivity index (χ1n) is 12.2. The third kappa shape index (κ3) is 6.96.